The van der Waals surface area contributed by atoms with Gasteiger partial charge in [0.15, 0.2) is 0 Å². The van der Waals surface area contributed by atoms with Crippen LogP contribution in [0.25, 0.3) is 0 Å². The van der Waals surface area contributed by atoms with Crippen molar-refractivity contribution in [2.75, 3.05) is 37.7 Å². The van der Waals surface area contributed by atoms with E-state index in [4.69, 9.17) is 29.7 Å². The van der Waals surface area contributed by atoms with E-state index in [0.29, 0.717) is 37.4 Å². The number of nitrogens with two attached hydrogens (primary N) is 2. The monoisotopic (exact) mass is 422 g/mol. The Balaban J connectivity index is 2.47. The number of hydrogen-bond donors (Lipinski definition) is 3. The number of hydrazine groups is 1. The SMILES string of the molecule is CCO[Si](CCCOC(=O)C(C)Sc1nnc(NN)n1N)(OCC)OCC. The van der Waals surface area contributed by atoms with Crippen molar-refractivity contribution in [3.8, 4) is 0 Å². The van der Waals surface area contributed by atoms with Gasteiger partial charge in [0.25, 0.3) is 5.95 Å². The van der Waals surface area contributed by atoms with E-state index < -0.39 is 14.1 Å². The number of carbonyl (C=O) groups is 1. The van der Waals surface area contributed by atoms with E-state index in [1.165, 1.54) is 4.68 Å². The Morgan fingerprint density at radius 1 is 1.22 bits per heavy atom. The number of carbonyl (C=O) groups excluding carboxylic acids is 1. The molecular weight excluding hydrogens is 392 g/mol. The molecule has 0 fully saturated rings. The highest BCUT2D eigenvalue weighted by atomic mass is 32.2. The predicted octanol–water partition coefficient (Wildman–Crippen LogP) is 0.740. The number of anilines is 1. The molecule has 0 spiro atoms. The molecule has 5 N–H and O–H groups in total. The topological polar surface area (TPSA) is 149 Å². The fourth-order valence-electron chi connectivity index (χ4n) is 2.24. The van der Waals surface area contributed by atoms with Gasteiger partial charge >= 0.3 is 14.8 Å². The van der Waals surface area contributed by atoms with Gasteiger partial charge < -0.3 is 23.9 Å². The minimum Gasteiger partial charge on any atom is -0.465 e. The van der Waals surface area contributed by atoms with Crippen LogP contribution in [-0.4, -0.2) is 61.3 Å². The molecule has 0 radical (unpaired) electrons. The molecule has 11 nitrogen and oxygen atoms in total. The number of rotatable bonds is 14. The maximum atomic E-state index is 12.2. The van der Waals surface area contributed by atoms with E-state index in [1.807, 2.05) is 20.8 Å². The number of nitrogens with zero attached hydrogens (tertiary/aromatic N) is 3. The van der Waals surface area contributed by atoms with Gasteiger partial charge in [-0.05, 0) is 34.1 Å². The quantitative estimate of drug-likeness (QED) is 0.0973. The molecule has 0 aliphatic heterocycles. The Bertz CT molecular complexity index is 561. The third kappa shape index (κ3) is 7.27. The summed E-state index contributed by atoms with van der Waals surface area (Å²) < 4.78 is 23.8. The van der Waals surface area contributed by atoms with Gasteiger partial charge in [0.2, 0.25) is 5.16 Å². The van der Waals surface area contributed by atoms with Gasteiger partial charge in [-0.25, -0.2) is 10.5 Å². The number of aromatic nitrogens is 3. The van der Waals surface area contributed by atoms with E-state index in [1.54, 1.807) is 6.92 Å². The third-order valence-corrected chi connectivity index (χ3v) is 7.56. The van der Waals surface area contributed by atoms with Crippen molar-refractivity contribution in [3.63, 3.8) is 0 Å². The third-order valence-electron chi connectivity index (χ3n) is 3.37. The first kappa shape index (κ1) is 23.7. The Morgan fingerprint density at radius 2 is 1.81 bits per heavy atom. The normalized spacial score (nSPS) is 12.8. The van der Waals surface area contributed by atoms with E-state index >= 15 is 0 Å². The standard InChI is InChI=1S/C14H30N6O5SSi/c1-5-23-27(24-6-2,25-7-3)10-8-9-22-12(21)11(4)26-14-19-18-13(17-15)20(14)16/h11H,5-10,15-16H2,1-4H3,(H,17,18). The smallest absolute Gasteiger partial charge is 0.465 e. The maximum Gasteiger partial charge on any atom is 0.501 e. The number of thioether (sulfide) groups is 1. The molecule has 13 heteroatoms. The van der Waals surface area contributed by atoms with Gasteiger partial charge in [0, 0.05) is 25.9 Å². The lowest BCUT2D eigenvalue weighted by Gasteiger charge is -2.28. The molecule has 0 aliphatic carbocycles. The Kier molecular flexibility index (Phi) is 10.6. The number of nitrogen functional groups attached to an aromatic ring is 2. The van der Waals surface area contributed by atoms with Crippen molar-refractivity contribution in [2.45, 2.75) is 50.6 Å². The fourth-order valence-corrected chi connectivity index (χ4v) is 5.59. The Morgan fingerprint density at radius 3 is 2.30 bits per heavy atom. The van der Waals surface area contributed by atoms with Crippen molar-refractivity contribution in [2.24, 2.45) is 5.84 Å². The molecular formula is C14H30N6O5SSi. The van der Waals surface area contributed by atoms with Crippen molar-refractivity contribution >= 4 is 32.5 Å². The van der Waals surface area contributed by atoms with Crippen LogP contribution in [0.4, 0.5) is 5.95 Å². The molecule has 27 heavy (non-hydrogen) atoms. The number of ether oxygens (including phenoxy) is 1. The highest BCUT2D eigenvalue weighted by molar-refractivity contribution is 8.00. The largest absolute Gasteiger partial charge is 0.501 e. The summed E-state index contributed by atoms with van der Waals surface area (Å²) in [7, 11) is -2.72. The first-order chi connectivity index (χ1) is 12.9. The molecule has 0 saturated heterocycles. The summed E-state index contributed by atoms with van der Waals surface area (Å²) >= 11 is 1.13. The molecule has 0 bridgehead atoms. The molecule has 0 aromatic carbocycles. The lowest BCUT2D eigenvalue weighted by molar-refractivity contribution is -0.142. The first-order valence-corrected chi connectivity index (χ1v) is 11.7. The molecule has 0 aliphatic rings. The zero-order chi connectivity index (χ0) is 20.3. The molecule has 1 atom stereocenters. The van der Waals surface area contributed by atoms with Gasteiger partial charge in [-0.1, -0.05) is 11.8 Å². The van der Waals surface area contributed by atoms with Crippen molar-refractivity contribution < 1.29 is 22.8 Å². The number of hydrogen-bond acceptors (Lipinski definition) is 11. The highest BCUT2D eigenvalue weighted by Gasteiger charge is 2.39. The molecule has 1 aromatic rings. The Labute approximate surface area is 164 Å². The lowest BCUT2D eigenvalue weighted by atomic mass is 10.5. The van der Waals surface area contributed by atoms with Gasteiger partial charge in [-0.3, -0.25) is 10.2 Å². The summed E-state index contributed by atoms with van der Waals surface area (Å²) in [6, 6.07) is 0.583. The van der Waals surface area contributed by atoms with Gasteiger partial charge in [-0.15, -0.1) is 10.2 Å². The summed E-state index contributed by atoms with van der Waals surface area (Å²) in [4.78, 5) is 12.2. The fraction of sp³-hybridized carbons (Fsp3) is 0.786. The summed E-state index contributed by atoms with van der Waals surface area (Å²) in [5.41, 5.74) is 2.31. The van der Waals surface area contributed by atoms with Crippen LogP contribution in [0, 0.1) is 0 Å². The summed E-state index contributed by atoms with van der Waals surface area (Å²) in [6.45, 7) is 9.20. The van der Waals surface area contributed by atoms with Crippen LogP contribution >= 0.6 is 11.8 Å². The first-order valence-electron chi connectivity index (χ1n) is 8.85. The van der Waals surface area contributed by atoms with Crippen LogP contribution in [0.1, 0.15) is 34.1 Å². The molecule has 0 saturated carbocycles. The minimum atomic E-state index is -2.72. The number of nitrogens with one attached hydrogen (secondary N) is 1. The molecule has 1 aromatic heterocycles. The van der Waals surface area contributed by atoms with E-state index in [0.717, 1.165) is 11.8 Å². The zero-order valence-corrected chi connectivity index (χ0v) is 18.1. The zero-order valence-electron chi connectivity index (χ0n) is 16.3. The van der Waals surface area contributed by atoms with Crippen molar-refractivity contribution in [1.29, 1.82) is 0 Å². The summed E-state index contributed by atoms with van der Waals surface area (Å²) in [5, 5.41) is 7.44. The van der Waals surface area contributed by atoms with Crippen LogP contribution in [0.5, 0.6) is 0 Å². The van der Waals surface area contributed by atoms with Gasteiger partial charge in [0.05, 0.1) is 6.61 Å². The van der Waals surface area contributed by atoms with E-state index in [-0.39, 0.29) is 18.5 Å². The summed E-state index contributed by atoms with van der Waals surface area (Å²) in [5.74, 6) is 10.8. The van der Waals surface area contributed by atoms with Crippen LogP contribution in [0.3, 0.4) is 0 Å². The molecule has 156 valence electrons. The second kappa shape index (κ2) is 12.1. The summed E-state index contributed by atoms with van der Waals surface area (Å²) in [6.07, 6.45) is 0.587. The second-order valence-electron chi connectivity index (χ2n) is 5.33. The van der Waals surface area contributed by atoms with Crippen LogP contribution in [-0.2, 0) is 22.8 Å². The molecule has 1 heterocycles. The minimum absolute atomic E-state index is 0.196. The lowest BCUT2D eigenvalue weighted by Crippen LogP contribution is -2.46. The predicted molar refractivity (Wildman–Crippen MR) is 104 cm³/mol. The Hall–Kier alpha value is -1.38. The van der Waals surface area contributed by atoms with E-state index in [2.05, 4.69) is 15.6 Å². The highest BCUT2D eigenvalue weighted by Crippen LogP contribution is 2.23. The average Bonchev–Trinajstić information content (AvgIpc) is 2.99. The van der Waals surface area contributed by atoms with Crippen LogP contribution in [0.15, 0.2) is 5.16 Å². The van der Waals surface area contributed by atoms with Gasteiger partial charge in [-0.2, -0.15) is 0 Å². The van der Waals surface area contributed by atoms with E-state index in [9.17, 15) is 4.79 Å². The van der Waals surface area contributed by atoms with Crippen LogP contribution in [0.2, 0.25) is 6.04 Å². The molecule has 1 rings (SSSR count). The maximum absolute atomic E-state index is 12.2. The van der Waals surface area contributed by atoms with Crippen LogP contribution < -0.4 is 17.1 Å². The van der Waals surface area contributed by atoms with Crippen molar-refractivity contribution in [3.05, 3.63) is 0 Å². The molecule has 0 amide bonds. The average molecular weight is 423 g/mol. The molecule has 1 unspecified atom stereocenters. The van der Waals surface area contributed by atoms with Gasteiger partial charge in [0.1, 0.15) is 5.25 Å². The van der Waals surface area contributed by atoms with Crippen molar-refractivity contribution in [1.82, 2.24) is 14.9 Å². The second-order valence-corrected chi connectivity index (χ2v) is 9.37. The number of esters is 1.